The third kappa shape index (κ3) is 9.40. The third-order valence-corrected chi connectivity index (χ3v) is 9.10. The zero-order chi connectivity index (χ0) is 39.0. The van der Waals surface area contributed by atoms with Gasteiger partial charge in [0.25, 0.3) is 0 Å². The minimum Gasteiger partial charge on any atom is -0.480 e. The summed E-state index contributed by atoms with van der Waals surface area (Å²) in [6.45, 7) is 6.16. The Balaban J connectivity index is 1.25. The van der Waals surface area contributed by atoms with Gasteiger partial charge in [-0.25, -0.2) is 19.6 Å². The van der Waals surface area contributed by atoms with E-state index >= 15 is 0 Å². The fraction of sp³-hybridized carbons (Fsp3) is 0.432. The van der Waals surface area contributed by atoms with Crippen molar-refractivity contribution in [1.29, 1.82) is 0 Å². The standard InChI is InChI=1S/C37H46N8O9/c1-4-53-20-27-43-28-29(45(27)21-36(2,3)52)24-9-5-6-10-25(24)41-30(28)44-35(51)54-19-22-12-14-23(15-13-22)40-31(46)26(11-7-18-39-34(38)50)42-32(47)37(33(48)49)16-8-17-37/h5-6,9-10,12-15,26,52H,4,7-8,11,16-21H2,1-3H3,(H,40,46)(H,42,47)(H,48,49)(H3,38,39,50)(H,41,44,51)/t26-/m0/s1. The predicted octanol–water partition coefficient (Wildman–Crippen LogP) is 3.77. The fourth-order valence-corrected chi connectivity index (χ4v) is 6.18. The van der Waals surface area contributed by atoms with E-state index in [1.165, 1.54) is 0 Å². The van der Waals surface area contributed by atoms with Crippen LogP contribution in [0.2, 0.25) is 0 Å². The Hall–Kier alpha value is -5.81. The lowest BCUT2D eigenvalue weighted by Crippen LogP contribution is -2.55. The fourth-order valence-electron chi connectivity index (χ4n) is 6.18. The van der Waals surface area contributed by atoms with Crippen molar-refractivity contribution < 1.29 is 43.7 Å². The number of nitrogens with zero attached hydrogens (tertiary/aromatic N) is 3. The number of carboxylic acids is 1. The molecule has 54 heavy (non-hydrogen) atoms. The number of nitrogens with two attached hydrogens (primary N) is 1. The molecule has 1 aliphatic carbocycles. The number of pyridine rings is 1. The molecule has 2 aromatic heterocycles. The van der Waals surface area contributed by atoms with E-state index in [0.717, 1.165) is 5.39 Å². The number of carboxylic acid groups (broad SMARTS) is 1. The van der Waals surface area contributed by atoms with E-state index in [2.05, 4.69) is 26.3 Å². The first-order chi connectivity index (χ1) is 25.7. The van der Waals surface area contributed by atoms with Gasteiger partial charge in [0.1, 0.15) is 36.0 Å². The molecule has 1 saturated carbocycles. The summed E-state index contributed by atoms with van der Waals surface area (Å²) in [5.74, 6) is -1.80. The summed E-state index contributed by atoms with van der Waals surface area (Å²) < 4.78 is 13.0. The number of fused-ring (bicyclic) bond motifs is 3. The molecule has 2 aromatic carbocycles. The van der Waals surface area contributed by atoms with Crippen molar-refractivity contribution in [3.8, 4) is 0 Å². The molecule has 2 heterocycles. The van der Waals surface area contributed by atoms with Crippen LogP contribution in [0.5, 0.6) is 0 Å². The van der Waals surface area contributed by atoms with E-state index in [1.54, 1.807) is 38.1 Å². The summed E-state index contributed by atoms with van der Waals surface area (Å²) in [7, 11) is 0. The van der Waals surface area contributed by atoms with Crippen molar-refractivity contribution >= 4 is 63.3 Å². The van der Waals surface area contributed by atoms with Gasteiger partial charge in [-0.15, -0.1) is 0 Å². The molecule has 5 amide bonds. The quantitative estimate of drug-likeness (QED) is 0.0605. The maximum Gasteiger partial charge on any atom is 0.413 e. The number of anilines is 2. The molecule has 1 fully saturated rings. The van der Waals surface area contributed by atoms with E-state index in [9.17, 15) is 34.2 Å². The van der Waals surface area contributed by atoms with E-state index in [4.69, 9.17) is 20.2 Å². The largest absolute Gasteiger partial charge is 0.480 e. The number of ether oxygens (including phenoxy) is 2. The number of aromatic nitrogens is 3. The summed E-state index contributed by atoms with van der Waals surface area (Å²) in [6, 6.07) is 12.1. The summed E-state index contributed by atoms with van der Waals surface area (Å²) in [5.41, 5.74) is 5.14. The monoisotopic (exact) mass is 746 g/mol. The van der Waals surface area contributed by atoms with Crippen LogP contribution < -0.4 is 27.0 Å². The normalized spacial score (nSPS) is 14.1. The molecule has 0 saturated heterocycles. The highest BCUT2D eigenvalue weighted by Crippen LogP contribution is 2.41. The maximum absolute atomic E-state index is 13.3. The van der Waals surface area contributed by atoms with Gasteiger partial charge in [0.15, 0.2) is 5.82 Å². The molecule has 288 valence electrons. The molecule has 0 spiro atoms. The molecule has 1 atom stereocenters. The van der Waals surface area contributed by atoms with Gasteiger partial charge < -0.3 is 45.9 Å². The number of rotatable bonds is 17. The summed E-state index contributed by atoms with van der Waals surface area (Å²) in [6.07, 6.45) is 0.567. The van der Waals surface area contributed by atoms with Crippen LogP contribution in [0.3, 0.4) is 0 Å². The predicted molar refractivity (Wildman–Crippen MR) is 198 cm³/mol. The summed E-state index contributed by atoms with van der Waals surface area (Å²) in [5, 5.41) is 31.6. The number of para-hydroxylation sites is 1. The molecule has 17 nitrogen and oxygen atoms in total. The van der Waals surface area contributed by atoms with Gasteiger partial charge in [-0.2, -0.15) is 0 Å². The molecule has 0 radical (unpaired) electrons. The number of benzene rings is 2. The lowest BCUT2D eigenvalue weighted by Gasteiger charge is -2.36. The molecule has 5 rings (SSSR count). The van der Waals surface area contributed by atoms with E-state index in [1.807, 2.05) is 35.8 Å². The van der Waals surface area contributed by atoms with Crippen molar-refractivity contribution in [2.45, 2.75) is 84.3 Å². The van der Waals surface area contributed by atoms with Crippen LogP contribution in [0.15, 0.2) is 48.5 Å². The summed E-state index contributed by atoms with van der Waals surface area (Å²) >= 11 is 0. The minimum absolute atomic E-state index is 0.112. The number of aliphatic hydroxyl groups is 1. The number of aliphatic carboxylic acids is 1. The average molecular weight is 747 g/mol. The zero-order valence-corrected chi connectivity index (χ0v) is 30.4. The van der Waals surface area contributed by atoms with Gasteiger partial charge in [0.05, 0.1) is 23.2 Å². The Morgan fingerprint density at radius 3 is 2.37 bits per heavy atom. The van der Waals surface area contributed by atoms with Crippen LogP contribution in [0, 0.1) is 5.41 Å². The number of nitrogens with one attached hydrogen (secondary N) is 4. The number of hydrogen-bond donors (Lipinski definition) is 7. The second-order valence-electron chi connectivity index (χ2n) is 13.8. The van der Waals surface area contributed by atoms with Crippen LogP contribution in [-0.4, -0.2) is 79.5 Å². The number of amides is 5. The molecular weight excluding hydrogens is 700 g/mol. The first-order valence-electron chi connectivity index (χ1n) is 17.7. The molecule has 1 aliphatic rings. The van der Waals surface area contributed by atoms with E-state index < -0.39 is 47.0 Å². The van der Waals surface area contributed by atoms with Crippen molar-refractivity contribution in [3.05, 3.63) is 59.9 Å². The van der Waals surface area contributed by atoms with Crippen LogP contribution in [0.1, 0.15) is 64.3 Å². The maximum atomic E-state index is 13.3. The van der Waals surface area contributed by atoms with Gasteiger partial charge in [0, 0.05) is 24.2 Å². The van der Waals surface area contributed by atoms with Crippen LogP contribution >= 0.6 is 0 Å². The van der Waals surface area contributed by atoms with Gasteiger partial charge in [-0.05, 0) is 70.2 Å². The summed E-state index contributed by atoms with van der Waals surface area (Å²) in [4.78, 5) is 71.7. The van der Waals surface area contributed by atoms with Crippen molar-refractivity contribution in [1.82, 2.24) is 25.2 Å². The van der Waals surface area contributed by atoms with Gasteiger partial charge >= 0.3 is 18.1 Å². The number of primary amides is 1. The minimum atomic E-state index is -1.57. The van der Waals surface area contributed by atoms with Crippen molar-refractivity contribution in [2.75, 3.05) is 23.8 Å². The molecular formula is C37H46N8O9. The highest BCUT2D eigenvalue weighted by molar-refractivity contribution is 6.09. The number of imidazole rings is 1. The van der Waals surface area contributed by atoms with E-state index in [0.29, 0.717) is 46.7 Å². The second kappa shape index (κ2) is 16.9. The Morgan fingerprint density at radius 1 is 1.02 bits per heavy atom. The third-order valence-electron chi connectivity index (χ3n) is 9.10. The van der Waals surface area contributed by atoms with Gasteiger partial charge in [0.2, 0.25) is 11.8 Å². The van der Waals surface area contributed by atoms with Crippen LogP contribution in [0.4, 0.5) is 21.1 Å². The first kappa shape index (κ1) is 39.4. The van der Waals surface area contributed by atoms with E-state index in [-0.39, 0.29) is 57.8 Å². The van der Waals surface area contributed by atoms with Crippen molar-refractivity contribution in [2.24, 2.45) is 11.1 Å². The average Bonchev–Trinajstić information content (AvgIpc) is 3.44. The highest BCUT2D eigenvalue weighted by atomic mass is 16.5. The molecule has 0 bridgehead atoms. The molecule has 8 N–H and O–H groups in total. The second-order valence-corrected chi connectivity index (χ2v) is 13.8. The number of carbonyl (C=O) groups is 5. The van der Waals surface area contributed by atoms with Gasteiger partial charge in [-0.1, -0.05) is 36.8 Å². The molecule has 0 unspecified atom stereocenters. The SMILES string of the molecule is CCOCc1nc2c(NC(=O)OCc3ccc(NC(=O)[C@H](CCCNC(N)=O)NC(=O)C4(C(=O)O)CCC4)cc3)nc3ccccc3c2n1CC(C)(C)O. The topological polar surface area (TPSA) is 249 Å². The molecule has 17 heteroatoms. The number of hydrogen-bond acceptors (Lipinski definition) is 10. The lowest BCUT2D eigenvalue weighted by atomic mass is 9.68. The first-order valence-corrected chi connectivity index (χ1v) is 17.7. The lowest BCUT2D eigenvalue weighted by molar-refractivity contribution is -0.162. The Morgan fingerprint density at radius 2 is 1.74 bits per heavy atom. The number of carbonyl (C=O) groups excluding carboxylic acids is 4. The Bertz CT molecular complexity index is 2020. The Kier molecular flexibility index (Phi) is 12.3. The van der Waals surface area contributed by atoms with Gasteiger partial charge in [-0.3, -0.25) is 19.7 Å². The van der Waals surface area contributed by atoms with Crippen LogP contribution in [-0.2, 0) is 43.6 Å². The van der Waals surface area contributed by atoms with Crippen LogP contribution in [0.25, 0.3) is 21.9 Å². The smallest absolute Gasteiger partial charge is 0.413 e. The molecule has 0 aliphatic heterocycles. The Labute approximate surface area is 311 Å². The molecule has 4 aromatic rings. The zero-order valence-electron chi connectivity index (χ0n) is 30.4. The number of urea groups is 1. The van der Waals surface area contributed by atoms with Crippen molar-refractivity contribution in [3.63, 3.8) is 0 Å². The highest BCUT2D eigenvalue weighted by Gasteiger charge is 2.51.